The maximum atomic E-state index is 11.4. The zero-order chi connectivity index (χ0) is 15.9. The smallest absolute Gasteiger partial charge is 0.217 e. The number of nitrogens with one attached hydrogen (secondary N) is 1. The molecule has 1 aromatic rings. The first kappa shape index (κ1) is 17.4. The van der Waals surface area contributed by atoms with Crippen LogP contribution in [0.4, 0.5) is 0 Å². The Hall–Kier alpha value is -1.61. The van der Waals surface area contributed by atoms with Gasteiger partial charge in [-0.3, -0.25) is 4.79 Å². The Bertz CT molecular complexity index is 458. The molecule has 3 nitrogen and oxygen atoms in total. The lowest BCUT2D eigenvalue weighted by atomic mass is 9.96. The van der Waals surface area contributed by atoms with E-state index in [1.807, 2.05) is 43.3 Å². The van der Waals surface area contributed by atoms with E-state index in [4.69, 9.17) is 4.74 Å². The van der Waals surface area contributed by atoms with Gasteiger partial charge in [-0.15, -0.1) is 6.58 Å². The Labute approximate surface area is 128 Å². The first-order valence-corrected chi connectivity index (χ1v) is 7.52. The summed E-state index contributed by atoms with van der Waals surface area (Å²) in [5, 5.41) is 2.94. The van der Waals surface area contributed by atoms with Crippen LogP contribution in [0.25, 0.3) is 0 Å². The highest BCUT2D eigenvalue weighted by Crippen LogP contribution is 2.31. The molecule has 0 aromatic heterocycles. The molecule has 0 unspecified atom stereocenters. The van der Waals surface area contributed by atoms with Crippen molar-refractivity contribution in [2.24, 2.45) is 0 Å². The predicted molar refractivity (Wildman–Crippen MR) is 87.1 cm³/mol. The summed E-state index contributed by atoms with van der Waals surface area (Å²) in [7, 11) is 0. The van der Waals surface area contributed by atoms with E-state index in [0.29, 0.717) is 0 Å². The lowest BCUT2D eigenvalue weighted by molar-refractivity contribution is -0.125. The number of carbonyl (C=O) groups excluding carboxylic acids is 1. The molecule has 3 atom stereocenters. The van der Waals surface area contributed by atoms with E-state index in [1.165, 1.54) is 6.92 Å². The highest BCUT2D eigenvalue weighted by molar-refractivity contribution is 5.73. The quantitative estimate of drug-likeness (QED) is 0.734. The van der Waals surface area contributed by atoms with Crippen molar-refractivity contribution in [3.8, 4) is 0 Å². The molecule has 21 heavy (non-hydrogen) atoms. The van der Waals surface area contributed by atoms with Crippen molar-refractivity contribution in [2.75, 3.05) is 0 Å². The van der Waals surface area contributed by atoms with Crippen LogP contribution in [0, 0.1) is 0 Å². The standard InChI is InChI=1S/C18H27NO2/c1-6-13-18(5,7-2)21-17(14(3)19-15(4)20)16-11-9-8-10-12-16/h6,8-12,14,17H,1,7,13H2,2-5H3,(H,19,20)/t14-,17+,18+/m0/s1. The van der Waals surface area contributed by atoms with Crippen LogP contribution in [-0.2, 0) is 9.53 Å². The molecule has 0 saturated carbocycles. The fourth-order valence-corrected chi connectivity index (χ4v) is 2.39. The van der Waals surface area contributed by atoms with Gasteiger partial charge in [0.2, 0.25) is 5.91 Å². The van der Waals surface area contributed by atoms with Crippen molar-refractivity contribution in [3.63, 3.8) is 0 Å². The second kappa shape index (κ2) is 7.99. The van der Waals surface area contributed by atoms with Crippen molar-refractivity contribution in [1.29, 1.82) is 0 Å². The molecule has 1 amide bonds. The molecule has 0 aliphatic heterocycles. The van der Waals surface area contributed by atoms with Crippen molar-refractivity contribution < 1.29 is 9.53 Å². The van der Waals surface area contributed by atoms with Crippen LogP contribution in [0.3, 0.4) is 0 Å². The summed E-state index contributed by atoms with van der Waals surface area (Å²) in [5.41, 5.74) is 0.789. The molecule has 0 saturated heterocycles. The Morgan fingerprint density at radius 3 is 2.52 bits per heavy atom. The second-order valence-corrected chi connectivity index (χ2v) is 5.73. The molecule has 1 aromatic carbocycles. The number of benzene rings is 1. The highest BCUT2D eigenvalue weighted by Gasteiger charge is 2.30. The van der Waals surface area contributed by atoms with E-state index < -0.39 is 0 Å². The minimum atomic E-state index is -0.283. The van der Waals surface area contributed by atoms with Gasteiger partial charge in [-0.25, -0.2) is 0 Å². The second-order valence-electron chi connectivity index (χ2n) is 5.73. The number of ether oxygens (including phenoxy) is 1. The van der Waals surface area contributed by atoms with Gasteiger partial charge in [-0.05, 0) is 32.3 Å². The first-order chi connectivity index (χ1) is 9.91. The third-order valence-electron chi connectivity index (χ3n) is 3.75. The lowest BCUT2D eigenvalue weighted by Gasteiger charge is -2.36. The molecule has 3 heteroatoms. The maximum Gasteiger partial charge on any atom is 0.217 e. The summed E-state index contributed by atoms with van der Waals surface area (Å²) in [6, 6.07) is 9.93. The molecular formula is C18H27NO2. The molecule has 0 aliphatic rings. The third-order valence-corrected chi connectivity index (χ3v) is 3.75. The topological polar surface area (TPSA) is 38.3 Å². The number of rotatable bonds is 8. The SMILES string of the molecule is C=CC[C@@](C)(CC)O[C@@H](c1ccccc1)[C@H](C)NC(C)=O. The van der Waals surface area contributed by atoms with E-state index in [0.717, 1.165) is 18.4 Å². The molecule has 0 aliphatic carbocycles. The number of amides is 1. The van der Waals surface area contributed by atoms with Crippen LogP contribution in [-0.4, -0.2) is 17.6 Å². The van der Waals surface area contributed by atoms with E-state index in [-0.39, 0.29) is 23.7 Å². The number of carbonyl (C=O) groups is 1. The average Bonchev–Trinajstić information content (AvgIpc) is 2.45. The van der Waals surface area contributed by atoms with Crippen LogP contribution >= 0.6 is 0 Å². The Kier molecular flexibility index (Phi) is 6.63. The van der Waals surface area contributed by atoms with E-state index in [1.54, 1.807) is 0 Å². The number of hydrogen-bond donors (Lipinski definition) is 1. The lowest BCUT2D eigenvalue weighted by Crippen LogP contribution is -2.41. The van der Waals surface area contributed by atoms with E-state index in [2.05, 4.69) is 25.7 Å². The van der Waals surface area contributed by atoms with Gasteiger partial charge in [0.05, 0.1) is 11.6 Å². The van der Waals surface area contributed by atoms with Crippen LogP contribution in [0.5, 0.6) is 0 Å². The molecule has 0 bridgehead atoms. The highest BCUT2D eigenvalue weighted by atomic mass is 16.5. The Balaban J connectivity index is 3.01. The summed E-state index contributed by atoms with van der Waals surface area (Å²) >= 11 is 0. The first-order valence-electron chi connectivity index (χ1n) is 7.52. The van der Waals surface area contributed by atoms with E-state index in [9.17, 15) is 4.79 Å². The van der Waals surface area contributed by atoms with E-state index >= 15 is 0 Å². The van der Waals surface area contributed by atoms with Gasteiger partial charge in [0.25, 0.3) is 0 Å². The maximum absolute atomic E-state index is 11.4. The van der Waals surface area contributed by atoms with Gasteiger partial charge in [-0.1, -0.05) is 43.3 Å². The van der Waals surface area contributed by atoms with Crippen LogP contribution in [0.1, 0.15) is 52.2 Å². The Morgan fingerprint density at radius 2 is 2.05 bits per heavy atom. The normalized spacial score (nSPS) is 16.6. The van der Waals surface area contributed by atoms with Gasteiger partial charge < -0.3 is 10.1 Å². The summed E-state index contributed by atoms with van der Waals surface area (Å²) in [4.78, 5) is 11.4. The minimum absolute atomic E-state index is 0.0473. The summed E-state index contributed by atoms with van der Waals surface area (Å²) in [6.07, 6.45) is 3.36. The van der Waals surface area contributed by atoms with Gasteiger partial charge in [-0.2, -0.15) is 0 Å². The Morgan fingerprint density at radius 1 is 1.43 bits per heavy atom. The number of hydrogen-bond acceptors (Lipinski definition) is 2. The van der Waals surface area contributed by atoms with Gasteiger partial charge in [0.15, 0.2) is 0 Å². The molecule has 1 N–H and O–H groups in total. The fourth-order valence-electron chi connectivity index (χ4n) is 2.39. The molecule has 0 heterocycles. The van der Waals surface area contributed by atoms with Crippen molar-refractivity contribution >= 4 is 5.91 Å². The molecule has 1 rings (SSSR count). The van der Waals surface area contributed by atoms with Crippen molar-refractivity contribution in [3.05, 3.63) is 48.6 Å². The molecule has 116 valence electrons. The van der Waals surface area contributed by atoms with Crippen LogP contribution < -0.4 is 5.32 Å². The van der Waals surface area contributed by atoms with Crippen molar-refractivity contribution in [1.82, 2.24) is 5.32 Å². The molecular weight excluding hydrogens is 262 g/mol. The molecule has 0 fully saturated rings. The summed E-state index contributed by atoms with van der Waals surface area (Å²) < 4.78 is 6.39. The minimum Gasteiger partial charge on any atom is -0.365 e. The molecule has 0 radical (unpaired) electrons. The summed E-state index contributed by atoms with van der Waals surface area (Å²) in [5.74, 6) is -0.0473. The largest absolute Gasteiger partial charge is 0.365 e. The third kappa shape index (κ3) is 5.35. The zero-order valence-corrected chi connectivity index (χ0v) is 13.6. The van der Waals surface area contributed by atoms with Gasteiger partial charge >= 0.3 is 0 Å². The van der Waals surface area contributed by atoms with Crippen LogP contribution in [0.2, 0.25) is 0 Å². The predicted octanol–water partition coefficient (Wildman–Crippen LogP) is 4.01. The monoisotopic (exact) mass is 289 g/mol. The van der Waals surface area contributed by atoms with Crippen LogP contribution in [0.15, 0.2) is 43.0 Å². The summed E-state index contributed by atoms with van der Waals surface area (Å²) in [6.45, 7) is 11.5. The van der Waals surface area contributed by atoms with Gasteiger partial charge in [0.1, 0.15) is 6.10 Å². The zero-order valence-electron chi connectivity index (χ0n) is 13.6. The van der Waals surface area contributed by atoms with Gasteiger partial charge in [0, 0.05) is 6.92 Å². The molecule has 0 spiro atoms. The average molecular weight is 289 g/mol. The fraction of sp³-hybridized carbons (Fsp3) is 0.500. The van der Waals surface area contributed by atoms with Crippen molar-refractivity contribution in [2.45, 2.75) is 58.3 Å².